The van der Waals surface area contributed by atoms with E-state index in [9.17, 15) is 0 Å². The van der Waals surface area contributed by atoms with E-state index in [1.165, 1.54) is 12.1 Å². The van der Waals surface area contributed by atoms with E-state index in [1.807, 2.05) is 16.9 Å². The topological polar surface area (TPSA) is 43.8 Å². The highest BCUT2D eigenvalue weighted by Gasteiger charge is 2.36. The van der Waals surface area contributed by atoms with Crippen molar-refractivity contribution in [3.63, 3.8) is 0 Å². The molecule has 1 fully saturated rings. The van der Waals surface area contributed by atoms with Crippen LogP contribution < -0.4 is 5.73 Å². The second-order valence-corrected chi connectivity index (χ2v) is 3.54. The number of rotatable bonds is 2. The van der Waals surface area contributed by atoms with Gasteiger partial charge in [-0.15, -0.1) is 0 Å². The van der Waals surface area contributed by atoms with Gasteiger partial charge in [0.1, 0.15) is 0 Å². The van der Waals surface area contributed by atoms with Gasteiger partial charge < -0.3 is 5.73 Å². The van der Waals surface area contributed by atoms with E-state index < -0.39 is 0 Å². The van der Waals surface area contributed by atoms with Crippen molar-refractivity contribution in [2.45, 2.75) is 38.3 Å². The smallest absolute Gasteiger partial charge is 0.0582 e. The summed E-state index contributed by atoms with van der Waals surface area (Å²) in [6.07, 6.45) is 5.31. The first-order chi connectivity index (χ1) is 5.76. The van der Waals surface area contributed by atoms with Gasteiger partial charge >= 0.3 is 0 Å². The van der Waals surface area contributed by atoms with Crippen molar-refractivity contribution in [2.24, 2.45) is 5.73 Å². The van der Waals surface area contributed by atoms with Crippen LogP contribution in [0.5, 0.6) is 0 Å². The first-order valence-corrected chi connectivity index (χ1v) is 4.57. The third-order valence-electron chi connectivity index (χ3n) is 2.77. The zero-order valence-electron chi connectivity index (χ0n) is 7.45. The van der Waals surface area contributed by atoms with E-state index in [1.54, 1.807) is 0 Å². The van der Waals surface area contributed by atoms with Crippen molar-refractivity contribution in [1.82, 2.24) is 9.78 Å². The number of aromatic nitrogens is 2. The lowest BCUT2D eigenvalue weighted by Gasteiger charge is -2.38. The van der Waals surface area contributed by atoms with Gasteiger partial charge in [0.15, 0.2) is 0 Å². The molecule has 1 saturated carbocycles. The van der Waals surface area contributed by atoms with Gasteiger partial charge in [0.25, 0.3) is 0 Å². The van der Waals surface area contributed by atoms with Gasteiger partial charge in [-0.2, -0.15) is 5.10 Å². The fourth-order valence-electron chi connectivity index (χ4n) is 1.82. The van der Waals surface area contributed by atoms with Crippen molar-refractivity contribution < 1.29 is 0 Å². The van der Waals surface area contributed by atoms with Gasteiger partial charge in [0.2, 0.25) is 0 Å². The summed E-state index contributed by atoms with van der Waals surface area (Å²) < 4.78 is 2.00. The lowest BCUT2D eigenvalue weighted by molar-refractivity contribution is 0.235. The predicted octanol–water partition coefficient (Wildman–Crippen LogP) is 1.24. The SMILES string of the molecule is CCn1nccc1C1(N)CCC1. The van der Waals surface area contributed by atoms with Crippen molar-refractivity contribution in [3.8, 4) is 0 Å². The molecule has 3 nitrogen and oxygen atoms in total. The van der Waals surface area contributed by atoms with Crippen LogP contribution in [-0.2, 0) is 12.1 Å². The van der Waals surface area contributed by atoms with Crippen LogP contribution in [0, 0.1) is 0 Å². The van der Waals surface area contributed by atoms with Gasteiger partial charge in [-0.3, -0.25) is 4.68 Å². The van der Waals surface area contributed by atoms with Crippen LogP contribution in [0.4, 0.5) is 0 Å². The molecule has 0 aromatic carbocycles. The second-order valence-electron chi connectivity index (χ2n) is 3.54. The van der Waals surface area contributed by atoms with Crippen molar-refractivity contribution >= 4 is 0 Å². The molecule has 66 valence electrons. The molecule has 0 aliphatic heterocycles. The number of hydrogen-bond donors (Lipinski definition) is 1. The normalized spacial score (nSPS) is 20.5. The van der Waals surface area contributed by atoms with Crippen LogP contribution in [0.2, 0.25) is 0 Å². The Labute approximate surface area is 72.6 Å². The Morgan fingerprint density at radius 2 is 2.42 bits per heavy atom. The molecule has 0 spiro atoms. The summed E-state index contributed by atoms with van der Waals surface area (Å²) in [7, 11) is 0. The number of hydrogen-bond acceptors (Lipinski definition) is 2. The third-order valence-corrected chi connectivity index (χ3v) is 2.77. The molecule has 1 aromatic heterocycles. The molecule has 0 bridgehead atoms. The molecule has 1 aliphatic rings. The summed E-state index contributed by atoms with van der Waals surface area (Å²) in [5.41, 5.74) is 7.33. The van der Waals surface area contributed by atoms with Crippen molar-refractivity contribution in [2.75, 3.05) is 0 Å². The van der Waals surface area contributed by atoms with E-state index in [-0.39, 0.29) is 5.54 Å². The predicted molar refractivity (Wildman–Crippen MR) is 47.6 cm³/mol. The minimum Gasteiger partial charge on any atom is -0.320 e. The highest BCUT2D eigenvalue weighted by atomic mass is 15.3. The highest BCUT2D eigenvalue weighted by Crippen LogP contribution is 2.38. The molecule has 0 unspecified atom stereocenters. The zero-order valence-corrected chi connectivity index (χ0v) is 7.45. The van der Waals surface area contributed by atoms with Gasteiger partial charge in [0, 0.05) is 12.7 Å². The maximum Gasteiger partial charge on any atom is 0.0582 e. The van der Waals surface area contributed by atoms with Gasteiger partial charge in [-0.25, -0.2) is 0 Å². The maximum absolute atomic E-state index is 6.18. The lowest BCUT2D eigenvalue weighted by atomic mass is 9.75. The van der Waals surface area contributed by atoms with E-state index >= 15 is 0 Å². The molecule has 1 aromatic rings. The van der Waals surface area contributed by atoms with Gasteiger partial charge in [-0.05, 0) is 32.3 Å². The van der Waals surface area contributed by atoms with Crippen LogP contribution in [0.1, 0.15) is 31.9 Å². The highest BCUT2D eigenvalue weighted by molar-refractivity contribution is 5.17. The largest absolute Gasteiger partial charge is 0.320 e. The molecular weight excluding hydrogens is 150 g/mol. The maximum atomic E-state index is 6.18. The van der Waals surface area contributed by atoms with Crippen LogP contribution in [0.15, 0.2) is 12.3 Å². The van der Waals surface area contributed by atoms with Gasteiger partial charge in [0.05, 0.1) is 11.2 Å². The number of nitrogens with two attached hydrogens (primary N) is 1. The minimum absolute atomic E-state index is 0.0630. The first-order valence-electron chi connectivity index (χ1n) is 4.57. The molecule has 3 heteroatoms. The summed E-state index contributed by atoms with van der Waals surface area (Å²) in [5.74, 6) is 0. The Balaban J connectivity index is 2.31. The fourth-order valence-corrected chi connectivity index (χ4v) is 1.82. The van der Waals surface area contributed by atoms with Crippen LogP contribution in [0.3, 0.4) is 0 Å². The first kappa shape index (κ1) is 7.80. The Bertz CT molecular complexity index is 273. The van der Waals surface area contributed by atoms with E-state index in [2.05, 4.69) is 12.0 Å². The molecule has 1 heterocycles. The fraction of sp³-hybridized carbons (Fsp3) is 0.667. The molecule has 0 radical (unpaired) electrons. The van der Waals surface area contributed by atoms with Gasteiger partial charge in [-0.1, -0.05) is 0 Å². The molecule has 1 aliphatic carbocycles. The molecule has 0 atom stereocenters. The molecular formula is C9H15N3. The summed E-state index contributed by atoms with van der Waals surface area (Å²) in [6.45, 7) is 3.01. The Morgan fingerprint density at radius 3 is 2.92 bits per heavy atom. The minimum atomic E-state index is -0.0630. The Kier molecular flexibility index (Phi) is 1.68. The van der Waals surface area contributed by atoms with Crippen molar-refractivity contribution in [3.05, 3.63) is 18.0 Å². The van der Waals surface area contributed by atoms with E-state index in [0.717, 1.165) is 19.4 Å². The number of nitrogens with zero attached hydrogens (tertiary/aromatic N) is 2. The molecule has 0 amide bonds. The molecule has 0 saturated heterocycles. The number of aryl methyl sites for hydroxylation is 1. The molecule has 12 heavy (non-hydrogen) atoms. The quantitative estimate of drug-likeness (QED) is 0.716. The van der Waals surface area contributed by atoms with Crippen LogP contribution >= 0.6 is 0 Å². The lowest BCUT2D eigenvalue weighted by Crippen LogP contribution is -2.45. The summed E-state index contributed by atoms with van der Waals surface area (Å²) in [6, 6.07) is 2.04. The Hall–Kier alpha value is -0.830. The standard InChI is InChI=1S/C9H15N3/c1-2-12-8(4-7-11-12)9(10)5-3-6-9/h4,7H,2-3,5-6,10H2,1H3. The second kappa shape index (κ2) is 2.59. The van der Waals surface area contributed by atoms with Crippen LogP contribution in [0.25, 0.3) is 0 Å². The average molecular weight is 165 g/mol. The van der Waals surface area contributed by atoms with Crippen molar-refractivity contribution in [1.29, 1.82) is 0 Å². The van der Waals surface area contributed by atoms with E-state index in [0.29, 0.717) is 0 Å². The summed E-state index contributed by atoms with van der Waals surface area (Å²) in [4.78, 5) is 0. The monoisotopic (exact) mass is 165 g/mol. The average Bonchev–Trinajstić information content (AvgIpc) is 2.47. The third kappa shape index (κ3) is 0.966. The Morgan fingerprint density at radius 1 is 1.67 bits per heavy atom. The molecule has 2 rings (SSSR count). The summed E-state index contributed by atoms with van der Waals surface area (Å²) in [5, 5.41) is 4.22. The van der Waals surface area contributed by atoms with E-state index in [4.69, 9.17) is 5.73 Å². The zero-order chi connectivity index (χ0) is 8.60. The summed E-state index contributed by atoms with van der Waals surface area (Å²) >= 11 is 0. The van der Waals surface area contributed by atoms with Crippen LogP contribution in [-0.4, -0.2) is 9.78 Å². The molecule has 2 N–H and O–H groups in total.